The highest BCUT2D eigenvalue weighted by Gasteiger charge is 2.28. The molecule has 11 heteroatoms. The minimum absolute atomic E-state index is 0.0594. The third kappa shape index (κ3) is 6.28. The number of ketones is 1. The number of carbonyl (C=O) groups excluding carboxylic acids is 2. The molecule has 0 spiro atoms. The van der Waals surface area contributed by atoms with Crippen LogP contribution in [0, 0.1) is 0 Å². The van der Waals surface area contributed by atoms with E-state index < -0.39 is 36.9 Å². The molecule has 3 N–H and O–H groups in total. The van der Waals surface area contributed by atoms with Crippen LogP contribution >= 0.6 is 0 Å². The molecule has 0 saturated heterocycles. The predicted molar refractivity (Wildman–Crippen MR) is 121 cm³/mol. The Morgan fingerprint density at radius 2 is 1.80 bits per heavy atom. The summed E-state index contributed by atoms with van der Waals surface area (Å²) in [7, 11) is 3.02. The van der Waals surface area contributed by atoms with E-state index in [1.807, 2.05) is 0 Å². The van der Waals surface area contributed by atoms with Crippen molar-refractivity contribution in [1.29, 1.82) is 0 Å². The molecule has 0 aromatic heterocycles. The van der Waals surface area contributed by atoms with Crippen molar-refractivity contribution in [3.05, 3.63) is 53.3 Å². The molecule has 0 fully saturated rings. The van der Waals surface area contributed by atoms with Gasteiger partial charge in [-0.1, -0.05) is 0 Å². The van der Waals surface area contributed by atoms with E-state index >= 15 is 0 Å². The van der Waals surface area contributed by atoms with Crippen LogP contribution in [0.3, 0.4) is 0 Å². The molecule has 0 unspecified atom stereocenters. The minimum Gasteiger partial charge on any atom is -0.497 e. The van der Waals surface area contributed by atoms with Gasteiger partial charge in [0.1, 0.15) is 29.0 Å². The summed E-state index contributed by atoms with van der Waals surface area (Å²) < 4.78 is 21.6. The van der Waals surface area contributed by atoms with Crippen LogP contribution < -0.4 is 24.3 Å². The van der Waals surface area contributed by atoms with Gasteiger partial charge in [0.05, 0.1) is 19.8 Å². The number of hydrogen-bond acceptors (Lipinski definition) is 8. The fraction of sp³-hybridized carbons (Fsp3) is 0.250. The van der Waals surface area contributed by atoms with Gasteiger partial charge in [-0.15, -0.1) is 0 Å². The van der Waals surface area contributed by atoms with Crippen molar-refractivity contribution in [3.63, 3.8) is 0 Å². The Hall–Kier alpha value is -4.54. The molecule has 0 bridgehead atoms. The SMILES string of the molecule is COc1ccc(OC)c(/C=C2\Oc3cc(OCC(=O)N[C@@H](CCC(=O)O)C(=O)O)ccc3C2=O)c1. The first-order valence-corrected chi connectivity index (χ1v) is 10.4. The largest absolute Gasteiger partial charge is 0.497 e. The number of hydrogen-bond donors (Lipinski definition) is 3. The van der Waals surface area contributed by atoms with Crippen LogP contribution in [-0.2, 0) is 14.4 Å². The number of fused-ring (bicyclic) bond motifs is 1. The molecule has 1 heterocycles. The lowest BCUT2D eigenvalue weighted by Crippen LogP contribution is -2.43. The standard InChI is InChI=1S/C24H23NO10/c1-32-14-4-7-18(33-2)13(9-14)10-20-23(29)16-5-3-15(11-19(16)35-20)34-12-21(26)25-17(24(30)31)6-8-22(27)28/h3-5,7,9-11,17H,6,8,12H2,1-2H3,(H,25,26)(H,27,28)(H,30,31)/b20-10-/t17-/m0/s1. The Bertz CT molecular complexity index is 1190. The second-order valence-electron chi connectivity index (χ2n) is 7.39. The first kappa shape index (κ1) is 25.1. The van der Waals surface area contributed by atoms with Gasteiger partial charge < -0.3 is 34.5 Å². The van der Waals surface area contributed by atoms with Gasteiger partial charge in [-0.2, -0.15) is 0 Å². The average molecular weight is 485 g/mol. The van der Waals surface area contributed by atoms with Gasteiger partial charge in [0.25, 0.3) is 5.91 Å². The number of nitrogens with one attached hydrogen (secondary N) is 1. The summed E-state index contributed by atoms with van der Waals surface area (Å²) in [6.07, 6.45) is 0.852. The minimum atomic E-state index is -1.36. The number of aliphatic carboxylic acids is 2. The molecule has 0 aliphatic carbocycles. The Labute approximate surface area is 199 Å². The van der Waals surface area contributed by atoms with Crippen LogP contribution in [0.15, 0.2) is 42.2 Å². The second-order valence-corrected chi connectivity index (χ2v) is 7.39. The number of methoxy groups -OCH3 is 2. The molecule has 1 aliphatic rings. The number of rotatable bonds is 11. The second kappa shape index (κ2) is 11.1. The summed E-state index contributed by atoms with van der Waals surface area (Å²) in [5.74, 6) is -2.03. The lowest BCUT2D eigenvalue weighted by molar-refractivity contribution is -0.143. The summed E-state index contributed by atoms with van der Waals surface area (Å²) in [6.45, 7) is -0.521. The van der Waals surface area contributed by atoms with E-state index in [0.29, 0.717) is 22.6 Å². The van der Waals surface area contributed by atoms with Gasteiger partial charge in [-0.3, -0.25) is 14.4 Å². The summed E-state index contributed by atoms with van der Waals surface area (Å²) in [4.78, 5) is 46.7. The van der Waals surface area contributed by atoms with E-state index in [2.05, 4.69) is 5.32 Å². The van der Waals surface area contributed by atoms with Gasteiger partial charge >= 0.3 is 11.9 Å². The van der Waals surface area contributed by atoms with Crippen LogP contribution in [0.25, 0.3) is 6.08 Å². The molecule has 11 nitrogen and oxygen atoms in total. The van der Waals surface area contributed by atoms with Crippen LogP contribution in [0.1, 0.15) is 28.8 Å². The van der Waals surface area contributed by atoms with Gasteiger partial charge in [-0.05, 0) is 42.8 Å². The predicted octanol–water partition coefficient (Wildman–Crippen LogP) is 2.13. The number of carboxylic acids is 2. The van der Waals surface area contributed by atoms with Crippen molar-refractivity contribution in [1.82, 2.24) is 5.32 Å². The number of Topliss-reactive ketones (excluding diaryl/α,β-unsaturated/α-hetero) is 1. The maximum Gasteiger partial charge on any atom is 0.326 e. The summed E-state index contributed by atoms with van der Waals surface area (Å²) in [6, 6.07) is 8.15. The Morgan fingerprint density at radius 1 is 1.06 bits per heavy atom. The number of amides is 1. The van der Waals surface area contributed by atoms with E-state index in [1.54, 1.807) is 18.2 Å². The van der Waals surface area contributed by atoms with E-state index in [1.165, 1.54) is 38.5 Å². The molecule has 1 atom stereocenters. The number of benzene rings is 2. The zero-order valence-corrected chi connectivity index (χ0v) is 18.9. The van der Waals surface area contributed by atoms with Crippen molar-refractivity contribution in [3.8, 4) is 23.0 Å². The van der Waals surface area contributed by atoms with Gasteiger partial charge in [-0.25, -0.2) is 4.79 Å². The van der Waals surface area contributed by atoms with Crippen LogP contribution in [-0.4, -0.2) is 60.7 Å². The Morgan fingerprint density at radius 3 is 2.46 bits per heavy atom. The van der Waals surface area contributed by atoms with Crippen molar-refractivity contribution in [2.75, 3.05) is 20.8 Å². The normalized spacial score (nSPS) is 14.0. The molecule has 2 aromatic carbocycles. The maximum absolute atomic E-state index is 12.8. The Kier molecular flexibility index (Phi) is 7.92. The summed E-state index contributed by atoms with van der Waals surface area (Å²) in [5, 5.41) is 20.0. The molecular weight excluding hydrogens is 462 g/mol. The smallest absolute Gasteiger partial charge is 0.326 e. The van der Waals surface area contributed by atoms with E-state index in [0.717, 1.165) is 0 Å². The quantitative estimate of drug-likeness (QED) is 0.403. The van der Waals surface area contributed by atoms with Gasteiger partial charge in [0.2, 0.25) is 5.78 Å². The third-order valence-corrected chi connectivity index (χ3v) is 5.01. The van der Waals surface area contributed by atoms with Gasteiger partial charge in [0.15, 0.2) is 12.4 Å². The van der Waals surface area contributed by atoms with Crippen LogP contribution in [0.4, 0.5) is 0 Å². The first-order chi connectivity index (χ1) is 16.7. The van der Waals surface area contributed by atoms with Crippen LogP contribution in [0.5, 0.6) is 23.0 Å². The molecule has 1 amide bonds. The monoisotopic (exact) mass is 485 g/mol. The topological polar surface area (TPSA) is 158 Å². The molecule has 184 valence electrons. The summed E-state index contributed by atoms with van der Waals surface area (Å²) in [5.41, 5.74) is 0.876. The fourth-order valence-electron chi connectivity index (χ4n) is 3.26. The molecular formula is C24H23NO10. The Balaban J connectivity index is 1.67. The summed E-state index contributed by atoms with van der Waals surface area (Å²) >= 11 is 0. The number of carboxylic acid groups (broad SMARTS) is 2. The number of carbonyl (C=O) groups is 4. The molecule has 0 saturated carbocycles. The van der Waals surface area contributed by atoms with Crippen molar-refractivity contribution in [2.24, 2.45) is 0 Å². The number of allylic oxidation sites excluding steroid dienone is 1. The average Bonchev–Trinajstić information content (AvgIpc) is 3.14. The van der Waals surface area contributed by atoms with Crippen molar-refractivity contribution < 1.29 is 48.3 Å². The maximum atomic E-state index is 12.8. The molecule has 35 heavy (non-hydrogen) atoms. The molecule has 3 rings (SSSR count). The zero-order chi connectivity index (χ0) is 25.5. The van der Waals surface area contributed by atoms with E-state index in [9.17, 15) is 19.2 Å². The number of ether oxygens (including phenoxy) is 4. The highest BCUT2D eigenvalue weighted by atomic mass is 16.5. The van der Waals surface area contributed by atoms with Crippen molar-refractivity contribution >= 4 is 29.7 Å². The van der Waals surface area contributed by atoms with Gasteiger partial charge in [0, 0.05) is 18.1 Å². The fourth-order valence-corrected chi connectivity index (χ4v) is 3.26. The lowest BCUT2D eigenvalue weighted by Gasteiger charge is -2.14. The molecule has 1 aliphatic heterocycles. The van der Waals surface area contributed by atoms with Crippen LogP contribution in [0.2, 0.25) is 0 Å². The van der Waals surface area contributed by atoms with E-state index in [-0.39, 0.29) is 29.5 Å². The zero-order valence-electron chi connectivity index (χ0n) is 18.9. The van der Waals surface area contributed by atoms with Crippen molar-refractivity contribution in [2.45, 2.75) is 18.9 Å². The van der Waals surface area contributed by atoms with E-state index in [4.69, 9.17) is 29.2 Å². The highest BCUT2D eigenvalue weighted by molar-refractivity contribution is 6.14. The first-order valence-electron chi connectivity index (χ1n) is 10.4. The highest BCUT2D eigenvalue weighted by Crippen LogP contribution is 2.36. The molecule has 2 aromatic rings. The third-order valence-electron chi connectivity index (χ3n) is 5.01. The molecule has 0 radical (unpaired) electrons. The lowest BCUT2D eigenvalue weighted by atomic mass is 10.1.